The highest BCUT2D eigenvalue weighted by Crippen LogP contribution is 2.57. The van der Waals surface area contributed by atoms with Crippen molar-refractivity contribution in [3.63, 3.8) is 0 Å². The van der Waals surface area contributed by atoms with Gasteiger partial charge in [0.05, 0.1) is 32.2 Å². The number of benzene rings is 1. The summed E-state index contributed by atoms with van der Waals surface area (Å²) in [5.74, 6) is 1.16. The van der Waals surface area contributed by atoms with Gasteiger partial charge in [0, 0.05) is 28.4 Å². The van der Waals surface area contributed by atoms with Gasteiger partial charge < -0.3 is 24.8 Å². The minimum Gasteiger partial charge on any atom is -0.493 e. The Bertz CT molecular complexity index is 811. The zero-order chi connectivity index (χ0) is 18.7. The van der Waals surface area contributed by atoms with Crippen LogP contribution < -0.4 is 15.2 Å². The average molecular weight is 424 g/mol. The van der Waals surface area contributed by atoms with Crippen molar-refractivity contribution in [1.29, 1.82) is 0 Å². The molecule has 4 atom stereocenters. The largest absolute Gasteiger partial charge is 0.493 e. The lowest BCUT2D eigenvalue weighted by molar-refractivity contribution is -0.914. The molecule has 0 bridgehead atoms. The van der Waals surface area contributed by atoms with Gasteiger partial charge in [-0.05, 0) is 6.07 Å². The van der Waals surface area contributed by atoms with Gasteiger partial charge in [-0.3, -0.25) is 4.79 Å². The number of carbonyl (C=O) groups excluding carboxylic acids is 1. The lowest BCUT2D eigenvalue weighted by Gasteiger charge is -2.37. The van der Waals surface area contributed by atoms with Crippen LogP contribution in [0.4, 0.5) is 0 Å². The van der Waals surface area contributed by atoms with Gasteiger partial charge in [-0.15, -0.1) is 0 Å². The maximum absolute atomic E-state index is 11.7. The highest BCUT2D eigenvalue weighted by atomic mass is 79.9. The smallest absolute Gasteiger partial charge is 0.272 e. The molecule has 26 heavy (non-hydrogen) atoms. The van der Waals surface area contributed by atoms with E-state index in [1.165, 1.54) is 0 Å². The number of aliphatic hydroxyl groups excluding tert-OH is 1. The lowest BCUT2D eigenvalue weighted by atomic mass is 9.69. The summed E-state index contributed by atoms with van der Waals surface area (Å²) in [7, 11) is 3.71. The summed E-state index contributed by atoms with van der Waals surface area (Å²) in [6.45, 7) is 1.78. The number of hydrogen-bond acceptors (Lipinski definition) is 4. The van der Waals surface area contributed by atoms with Crippen LogP contribution in [0.5, 0.6) is 11.5 Å². The van der Waals surface area contributed by atoms with E-state index in [0.717, 1.165) is 34.3 Å². The van der Waals surface area contributed by atoms with Crippen LogP contribution in [-0.4, -0.2) is 55.0 Å². The second-order valence-electron chi connectivity index (χ2n) is 7.93. The number of likely N-dealkylation sites (N-methyl/N-ethyl adjacent to an activating group) is 1. The zero-order valence-electron chi connectivity index (χ0n) is 15.0. The van der Waals surface area contributed by atoms with Crippen LogP contribution >= 0.6 is 15.9 Å². The van der Waals surface area contributed by atoms with E-state index in [9.17, 15) is 9.90 Å². The zero-order valence-corrected chi connectivity index (χ0v) is 16.6. The van der Waals surface area contributed by atoms with Crippen LogP contribution in [0.2, 0.25) is 0 Å². The fourth-order valence-electron chi connectivity index (χ4n) is 4.80. The molecule has 140 valence electrons. The first-order valence-electron chi connectivity index (χ1n) is 8.84. The van der Waals surface area contributed by atoms with Crippen molar-refractivity contribution in [3.05, 3.63) is 33.8 Å². The molecule has 0 radical (unpaired) electrons. The van der Waals surface area contributed by atoms with E-state index in [1.54, 1.807) is 7.11 Å². The van der Waals surface area contributed by atoms with E-state index in [0.29, 0.717) is 29.7 Å². The first kappa shape index (κ1) is 17.8. The normalized spacial score (nSPS) is 34.5. The summed E-state index contributed by atoms with van der Waals surface area (Å²) in [5, 5.41) is 10.1. The summed E-state index contributed by atoms with van der Waals surface area (Å²) >= 11 is 3.71. The molecule has 3 N–H and O–H groups in total. The molecule has 4 rings (SSSR count). The average Bonchev–Trinajstić information content (AvgIpc) is 2.82. The van der Waals surface area contributed by atoms with Gasteiger partial charge in [-0.25, -0.2) is 0 Å². The van der Waals surface area contributed by atoms with Gasteiger partial charge in [0.15, 0.2) is 18.0 Å². The molecule has 0 saturated heterocycles. The van der Waals surface area contributed by atoms with Crippen molar-refractivity contribution < 1.29 is 23.9 Å². The number of aliphatic hydroxyl groups is 1. The highest BCUT2D eigenvalue weighted by Gasteiger charge is 2.55. The van der Waals surface area contributed by atoms with Crippen molar-refractivity contribution in [3.8, 4) is 11.5 Å². The minimum absolute atomic E-state index is 0.139. The monoisotopic (exact) mass is 423 g/mol. The predicted molar refractivity (Wildman–Crippen MR) is 100.0 cm³/mol. The molecule has 2 heterocycles. The van der Waals surface area contributed by atoms with E-state index in [2.05, 4.69) is 29.1 Å². The van der Waals surface area contributed by atoms with E-state index < -0.39 is 6.10 Å². The van der Waals surface area contributed by atoms with Gasteiger partial charge in [0.25, 0.3) is 5.91 Å². The van der Waals surface area contributed by atoms with Crippen LogP contribution in [0.3, 0.4) is 0 Å². The molecule has 0 saturated carbocycles. The SMILES string of the molecule is COc1cc(Br)c2c3c1O[C@H]1C[C@@H](O)C=CC31CC[N+](C)(CC(N)=O)C2. The molecule has 3 aliphatic rings. The summed E-state index contributed by atoms with van der Waals surface area (Å²) < 4.78 is 13.4. The van der Waals surface area contributed by atoms with Gasteiger partial charge in [0.1, 0.15) is 12.6 Å². The van der Waals surface area contributed by atoms with Crippen LogP contribution in [0.1, 0.15) is 24.0 Å². The molecular formula is C19H24BrN2O4+. The summed E-state index contributed by atoms with van der Waals surface area (Å²) in [6.07, 6.45) is 4.70. The molecule has 2 aliphatic heterocycles. The highest BCUT2D eigenvalue weighted by molar-refractivity contribution is 9.10. The quantitative estimate of drug-likeness (QED) is 0.571. The molecule has 1 aromatic rings. The molecule has 0 fully saturated rings. The molecule has 1 aliphatic carbocycles. The van der Waals surface area contributed by atoms with E-state index in [-0.39, 0.29) is 17.4 Å². The molecule has 0 aromatic heterocycles. The molecular weight excluding hydrogens is 400 g/mol. The van der Waals surface area contributed by atoms with Gasteiger partial charge in [-0.1, -0.05) is 28.1 Å². The standard InChI is InChI=1S/C19H23BrN2O4/c1-22(10-16(21)24)6-5-19-4-3-11(23)7-15(19)26-18-14(25-2)8-13(20)12(9-22)17(18)19/h3-4,8,11,15,23H,5-7,9-10H2,1-2H3,(H-,21,24)/p+1/t11-,15-,19?,22?/m0/s1. The Labute approximate surface area is 161 Å². The van der Waals surface area contributed by atoms with Gasteiger partial charge in [0.2, 0.25) is 0 Å². The van der Waals surface area contributed by atoms with Crippen molar-refractivity contribution in [2.24, 2.45) is 5.73 Å². The number of amides is 1. The summed E-state index contributed by atoms with van der Waals surface area (Å²) in [6, 6.07) is 1.93. The van der Waals surface area contributed by atoms with Crippen LogP contribution in [0.25, 0.3) is 0 Å². The Morgan fingerprint density at radius 2 is 2.35 bits per heavy atom. The Morgan fingerprint density at radius 1 is 1.58 bits per heavy atom. The minimum atomic E-state index is -0.507. The topological polar surface area (TPSA) is 81.8 Å². The number of quaternary nitrogens is 1. The molecule has 1 amide bonds. The fourth-order valence-corrected chi connectivity index (χ4v) is 5.33. The van der Waals surface area contributed by atoms with E-state index >= 15 is 0 Å². The number of halogens is 1. The first-order chi connectivity index (χ1) is 12.3. The Hall–Kier alpha value is -1.57. The lowest BCUT2D eigenvalue weighted by Crippen LogP contribution is -2.50. The molecule has 6 nitrogen and oxygen atoms in total. The number of primary amides is 1. The van der Waals surface area contributed by atoms with Gasteiger partial charge in [-0.2, -0.15) is 0 Å². The Morgan fingerprint density at radius 3 is 3.04 bits per heavy atom. The van der Waals surface area contributed by atoms with Crippen LogP contribution in [0.15, 0.2) is 22.7 Å². The molecule has 1 spiro atoms. The maximum atomic E-state index is 11.7. The molecule has 7 heteroatoms. The summed E-state index contributed by atoms with van der Waals surface area (Å²) in [4.78, 5) is 11.7. The number of carbonyl (C=O) groups is 1. The second kappa shape index (κ2) is 5.97. The summed E-state index contributed by atoms with van der Waals surface area (Å²) in [5.41, 5.74) is 7.48. The van der Waals surface area contributed by atoms with Crippen molar-refractivity contribution in [2.75, 3.05) is 27.2 Å². The number of ether oxygens (including phenoxy) is 2. The van der Waals surface area contributed by atoms with Crippen LogP contribution in [0, 0.1) is 0 Å². The van der Waals surface area contributed by atoms with Crippen LogP contribution in [-0.2, 0) is 16.8 Å². The fraction of sp³-hybridized carbons (Fsp3) is 0.526. The third kappa shape index (κ3) is 2.56. The van der Waals surface area contributed by atoms with Crippen molar-refractivity contribution in [1.82, 2.24) is 0 Å². The Balaban J connectivity index is 1.93. The van der Waals surface area contributed by atoms with E-state index in [4.69, 9.17) is 15.2 Å². The number of nitrogens with two attached hydrogens (primary N) is 1. The number of rotatable bonds is 3. The Kier molecular flexibility index (Phi) is 4.09. The number of nitrogens with zero attached hydrogens (tertiary/aromatic N) is 1. The maximum Gasteiger partial charge on any atom is 0.272 e. The predicted octanol–water partition coefficient (Wildman–Crippen LogP) is 1.61. The number of hydrogen-bond donors (Lipinski definition) is 2. The van der Waals surface area contributed by atoms with Crippen molar-refractivity contribution in [2.45, 2.75) is 37.0 Å². The molecule has 2 unspecified atom stereocenters. The van der Waals surface area contributed by atoms with E-state index in [1.807, 2.05) is 12.1 Å². The van der Waals surface area contributed by atoms with Gasteiger partial charge >= 0.3 is 0 Å². The molecule has 1 aromatic carbocycles. The number of methoxy groups -OCH3 is 1. The second-order valence-corrected chi connectivity index (χ2v) is 8.78. The third-order valence-corrected chi connectivity index (χ3v) is 6.74. The van der Waals surface area contributed by atoms with Crippen molar-refractivity contribution >= 4 is 21.8 Å². The third-order valence-electron chi connectivity index (χ3n) is 6.03. The first-order valence-corrected chi connectivity index (χ1v) is 9.63.